The fraction of sp³-hybridized carbons (Fsp3) is 0.720. The number of esters is 1. The van der Waals surface area contributed by atoms with Crippen molar-refractivity contribution < 1.29 is 14.1 Å². The molecule has 0 amide bonds. The van der Waals surface area contributed by atoms with Gasteiger partial charge in [-0.05, 0) is 51.7 Å². The first-order valence-corrected chi connectivity index (χ1v) is 13.1. The molecule has 174 valence electrons. The molecule has 0 aliphatic rings. The van der Waals surface area contributed by atoms with Crippen LogP contribution in [0.4, 0.5) is 0 Å². The van der Waals surface area contributed by atoms with Gasteiger partial charge in [-0.15, -0.1) is 4.72 Å². The zero-order chi connectivity index (χ0) is 24.0. The number of aryl methyl sites for hydroxylation is 1. The van der Waals surface area contributed by atoms with Gasteiger partial charge in [0.1, 0.15) is 5.60 Å². The van der Waals surface area contributed by atoms with Crippen LogP contribution in [0.15, 0.2) is 29.2 Å². The number of hydrogen-bond acceptors (Lipinski definition) is 4. The fourth-order valence-corrected chi connectivity index (χ4v) is 4.33. The third kappa shape index (κ3) is 14.3. The summed E-state index contributed by atoms with van der Waals surface area (Å²) < 4.78 is 21.4. The SMILES string of the molecule is CCC[C@@H](C)[C@@H](C)C(CC(=O)OC(C)(C)C)N[S+]([O-])c1ccc(C)cc1.[Li][CH2]CCC. The minimum atomic E-state index is -1.36. The normalized spacial score (nSPS) is 15.3. The van der Waals surface area contributed by atoms with Crippen LogP contribution in [0, 0.1) is 18.8 Å². The van der Waals surface area contributed by atoms with Gasteiger partial charge in [0.15, 0.2) is 4.90 Å². The topological polar surface area (TPSA) is 61.4 Å². The number of unbranched alkanes of at least 4 members (excludes halogenated alkanes) is 1. The number of benzene rings is 1. The summed E-state index contributed by atoms with van der Waals surface area (Å²) in [5.41, 5.74) is 0.608. The molecule has 2 unspecified atom stereocenters. The van der Waals surface area contributed by atoms with Crippen molar-refractivity contribution in [2.45, 2.75) is 109 Å². The molecule has 1 aromatic rings. The van der Waals surface area contributed by atoms with Crippen molar-refractivity contribution in [1.29, 1.82) is 0 Å². The zero-order valence-electron chi connectivity index (χ0n) is 21.4. The van der Waals surface area contributed by atoms with Crippen LogP contribution in [0.3, 0.4) is 0 Å². The van der Waals surface area contributed by atoms with E-state index in [0.29, 0.717) is 5.92 Å². The molecule has 0 saturated heterocycles. The quantitative estimate of drug-likeness (QED) is 0.252. The first-order chi connectivity index (χ1) is 14.4. The second-order valence-corrected chi connectivity index (χ2v) is 10.8. The summed E-state index contributed by atoms with van der Waals surface area (Å²) in [7, 11) is 0. The molecule has 0 radical (unpaired) electrons. The average Bonchev–Trinajstić information content (AvgIpc) is 2.67. The van der Waals surface area contributed by atoms with E-state index in [2.05, 4.69) is 50.1 Å². The van der Waals surface area contributed by atoms with E-state index >= 15 is 0 Å². The molecule has 0 spiro atoms. The molecular weight excluding hydrogens is 401 g/mol. The monoisotopic (exact) mass is 445 g/mol. The van der Waals surface area contributed by atoms with Gasteiger partial charge in [-0.2, -0.15) is 0 Å². The summed E-state index contributed by atoms with van der Waals surface area (Å²) in [4.78, 5) is 13.1. The van der Waals surface area contributed by atoms with Gasteiger partial charge in [0.2, 0.25) is 0 Å². The molecule has 6 heteroatoms. The van der Waals surface area contributed by atoms with Crippen LogP contribution < -0.4 is 4.72 Å². The van der Waals surface area contributed by atoms with Gasteiger partial charge < -0.3 is 9.29 Å². The molecule has 4 nitrogen and oxygen atoms in total. The van der Waals surface area contributed by atoms with Crippen LogP contribution in [-0.4, -0.2) is 39.9 Å². The Balaban J connectivity index is 0.00000161. The third-order valence-corrected chi connectivity index (χ3v) is 6.50. The van der Waals surface area contributed by atoms with Crippen LogP contribution in [0.1, 0.15) is 86.1 Å². The maximum atomic E-state index is 12.8. The Morgan fingerprint density at radius 1 is 1.16 bits per heavy atom. The van der Waals surface area contributed by atoms with Crippen molar-refractivity contribution in [3.8, 4) is 0 Å². The molecule has 0 aromatic heterocycles. The Morgan fingerprint density at radius 2 is 1.74 bits per heavy atom. The first-order valence-electron chi connectivity index (χ1n) is 11.9. The summed E-state index contributed by atoms with van der Waals surface area (Å²) in [6.45, 7) is 16.3. The number of carbonyl (C=O) groups is 1. The molecule has 0 aliphatic heterocycles. The zero-order valence-corrected chi connectivity index (χ0v) is 22.2. The Morgan fingerprint density at radius 3 is 2.16 bits per heavy atom. The second-order valence-electron chi connectivity index (χ2n) is 9.58. The summed E-state index contributed by atoms with van der Waals surface area (Å²) in [6, 6.07) is 7.42. The molecule has 0 aliphatic carbocycles. The number of hydrogen-bond donors (Lipinski definition) is 1. The Hall–Kier alpha value is -0.443. The standard InChI is InChI=1S/C21H35NO3S.C4H9.Li/c1-8-9-16(3)17(4)19(14-20(23)25-21(5,6)7)22-26(24)18-12-10-15(2)11-13-18;1-3-4-2;/h10-13,16-17,19,22H,8-9,14H2,1-7H3;1,3-4H2,2H3;/t16-,17-,19?,26?;;/m1../s1. The maximum absolute atomic E-state index is 12.8. The predicted molar refractivity (Wildman–Crippen MR) is 134 cm³/mol. The fourth-order valence-electron chi connectivity index (χ4n) is 3.23. The van der Waals surface area contributed by atoms with Crippen molar-refractivity contribution in [2.24, 2.45) is 11.8 Å². The number of rotatable bonds is 11. The Labute approximate surface area is 204 Å². The van der Waals surface area contributed by atoms with E-state index in [1.54, 1.807) is 0 Å². The summed E-state index contributed by atoms with van der Waals surface area (Å²) >= 11 is 0.852. The molecule has 0 fully saturated rings. The van der Waals surface area contributed by atoms with Crippen molar-refractivity contribution in [3.63, 3.8) is 0 Å². The van der Waals surface area contributed by atoms with Crippen LogP contribution in [0.2, 0.25) is 5.09 Å². The number of ether oxygens (including phenoxy) is 1. The minimum absolute atomic E-state index is 0.200. The molecule has 0 saturated carbocycles. The van der Waals surface area contributed by atoms with Gasteiger partial charge in [0.25, 0.3) is 0 Å². The molecule has 4 atom stereocenters. The van der Waals surface area contributed by atoms with Gasteiger partial charge in [-0.1, -0.05) is 51.3 Å². The Bertz CT molecular complexity index is 602. The molecule has 1 rings (SSSR count). The van der Waals surface area contributed by atoms with E-state index in [9.17, 15) is 9.35 Å². The molecule has 31 heavy (non-hydrogen) atoms. The van der Waals surface area contributed by atoms with Crippen LogP contribution in [0.25, 0.3) is 0 Å². The second kappa shape index (κ2) is 16.2. The van der Waals surface area contributed by atoms with Crippen LogP contribution in [0.5, 0.6) is 0 Å². The summed E-state index contributed by atoms with van der Waals surface area (Å²) in [6.07, 6.45) is 5.11. The van der Waals surface area contributed by atoms with E-state index in [-0.39, 0.29) is 24.3 Å². The first kappa shape index (κ1) is 30.6. The molecule has 1 N–H and O–H groups in total. The summed E-state index contributed by atoms with van der Waals surface area (Å²) in [5, 5.41) is 1.34. The van der Waals surface area contributed by atoms with E-state index in [1.807, 2.05) is 52.0 Å². The Kier molecular flexibility index (Phi) is 16.0. The van der Waals surface area contributed by atoms with Crippen molar-refractivity contribution >= 4 is 35.0 Å². The van der Waals surface area contributed by atoms with Gasteiger partial charge in [-0.3, -0.25) is 4.79 Å². The van der Waals surface area contributed by atoms with Crippen LogP contribution in [-0.2, 0) is 20.9 Å². The molecule has 1 aromatic carbocycles. The van der Waals surface area contributed by atoms with Crippen molar-refractivity contribution in [1.82, 2.24) is 4.72 Å². The van der Waals surface area contributed by atoms with Gasteiger partial charge in [0, 0.05) is 0 Å². The summed E-state index contributed by atoms with van der Waals surface area (Å²) in [5.74, 6) is 0.373. The molecular formula is C25H44LiNO3S. The predicted octanol–water partition coefficient (Wildman–Crippen LogP) is 6.15. The van der Waals surface area contributed by atoms with Crippen LogP contribution >= 0.6 is 0 Å². The van der Waals surface area contributed by atoms with Gasteiger partial charge in [-0.25, -0.2) is 0 Å². The van der Waals surface area contributed by atoms with Gasteiger partial charge >= 0.3 is 48.5 Å². The van der Waals surface area contributed by atoms with Crippen molar-refractivity contribution in [2.75, 3.05) is 0 Å². The average molecular weight is 446 g/mol. The van der Waals surface area contributed by atoms with Crippen molar-refractivity contribution in [3.05, 3.63) is 29.8 Å². The molecule has 0 bridgehead atoms. The van der Waals surface area contributed by atoms with E-state index < -0.39 is 17.0 Å². The van der Waals surface area contributed by atoms with Gasteiger partial charge in [0.05, 0.1) is 23.8 Å². The van der Waals surface area contributed by atoms with E-state index in [4.69, 9.17) is 4.74 Å². The molecule has 0 heterocycles. The van der Waals surface area contributed by atoms with E-state index in [1.165, 1.54) is 17.9 Å². The van der Waals surface area contributed by atoms with E-state index in [0.717, 1.165) is 23.3 Å². The third-order valence-electron chi connectivity index (χ3n) is 5.28. The number of nitrogens with one attached hydrogen (secondary N) is 1. The number of carbonyl (C=O) groups excluding carboxylic acids is 1.